The molecule has 1 amide bonds. The van der Waals surface area contributed by atoms with Crippen LogP contribution in [0, 0.1) is 0 Å². The van der Waals surface area contributed by atoms with Gasteiger partial charge in [-0.1, -0.05) is 0 Å². The first-order valence-electron chi connectivity index (χ1n) is 4.42. The van der Waals surface area contributed by atoms with Crippen LogP contribution in [0.25, 0.3) is 0 Å². The highest BCUT2D eigenvalue weighted by atomic mass is 32.1. The Hall–Kier alpha value is -1.99. The van der Waals surface area contributed by atoms with Gasteiger partial charge in [-0.15, -0.1) is 0 Å². The molecule has 0 atom stereocenters. The van der Waals surface area contributed by atoms with Gasteiger partial charge in [0.2, 0.25) is 0 Å². The number of thiophene rings is 1. The second kappa shape index (κ2) is 4.69. The van der Waals surface area contributed by atoms with Crippen molar-refractivity contribution in [1.82, 2.24) is 9.97 Å². The summed E-state index contributed by atoms with van der Waals surface area (Å²) in [6.07, 6.45) is 2.81. The van der Waals surface area contributed by atoms with E-state index in [1.54, 1.807) is 6.07 Å². The number of hydrogen-bond donors (Lipinski definition) is 3. The molecular weight excluding hydrogens is 226 g/mol. The summed E-state index contributed by atoms with van der Waals surface area (Å²) in [6, 6.07) is 1.81. The molecule has 6 nitrogen and oxygen atoms in total. The molecule has 0 unspecified atom stereocenters. The lowest BCUT2D eigenvalue weighted by Gasteiger charge is -2.03. The molecular formula is C9H9N5OS. The smallest absolute Gasteiger partial charge is 0.275 e. The van der Waals surface area contributed by atoms with Crippen molar-refractivity contribution < 1.29 is 4.79 Å². The van der Waals surface area contributed by atoms with Crippen LogP contribution in [-0.4, -0.2) is 15.9 Å². The van der Waals surface area contributed by atoms with Crippen LogP contribution in [0.2, 0.25) is 0 Å². The molecule has 0 aliphatic carbocycles. The summed E-state index contributed by atoms with van der Waals surface area (Å²) in [4.78, 5) is 19.5. The number of rotatable bonds is 3. The second-order valence-corrected chi connectivity index (χ2v) is 3.68. The zero-order chi connectivity index (χ0) is 11.4. The van der Waals surface area contributed by atoms with Crippen LogP contribution in [0.3, 0.4) is 0 Å². The lowest BCUT2D eigenvalue weighted by atomic mass is 10.4. The van der Waals surface area contributed by atoms with Crippen LogP contribution in [0.15, 0.2) is 29.2 Å². The quantitative estimate of drug-likeness (QED) is 0.546. The Morgan fingerprint density at radius 3 is 3.00 bits per heavy atom. The fourth-order valence-corrected chi connectivity index (χ4v) is 1.66. The van der Waals surface area contributed by atoms with Gasteiger partial charge in [0.25, 0.3) is 5.91 Å². The molecule has 0 aliphatic heterocycles. The number of hydrazine groups is 1. The van der Waals surface area contributed by atoms with E-state index < -0.39 is 0 Å². The third-order valence-corrected chi connectivity index (χ3v) is 2.48. The summed E-state index contributed by atoms with van der Waals surface area (Å²) >= 11 is 1.50. The van der Waals surface area contributed by atoms with Crippen molar-refractivity contribution in [3.63, 3.8) is 0 Å². The molecule has 0 spiro atoms. The van der Waals surface area contributed by atoms with Crippen LogP contribution >= 0.6 is 11.3 Å². The molecule has 4 N–H and O–H groups in total. The number of nitrogen functional groups attached to an aromatic ring is 1. The Balaban J connectivity index is 2.14. The number of carbonyl (C=O) groups excluding carboxylic acids is 1. The fraction of sp³-hybridized carbons (Fsp3) is 0. The van der Waals surface area contributed by atoms with Crippen LogP contribution in [0.1, 0.15) is 10.5 Å². The summed E-state index contributed by atoms with van der Waals surface area (Å²) in [7, 11) is 0. The molecule has 2 aromatic heterocycles. The molecule has 82 valence electrons. The molecule has 0 aromatic carbocycles. The molecule has 16 heavy (non-hydrogen) atoms. The van der Waals surface area contributed by atoms with Crippen molar-refractivity contribution >= 4 is 28.7 Å². The largest absolute Gasteiger partial charge is 0.320 e. The molecule has 0 saturated carbocycles. The van der Waals surface area contributed by atoms with Crippen LogP contribution < -0.4 is 16.6 Å². The van der Waals surface area contributed by atoms with Gasteiger partial charge in [0.15, 0.2) is 5.82 Å². The van der Waals surface area contributed by atoms with Gasteiger partial charge in [0.1, 0.15) is 5.69 Å². The Bertz CT molecular complexity index is 484. The first kappa shape index (κ1) is 10.5. The number of aromatic nitrogens is 2. The number of nitrogens with zero attached hydrogens (tertiary/aromatic N) is 2. The summed E-state index contributed by atoms with van der Waals surface area (Å²) in [6.45, 7) is 0. The highest BCUT2D eigenvalue weighted by Gasteiger charge is 2.08. The maximum atomic E-state index is 11.7. The van der Waals surface area contributed by atoms with E-state index in [-0.39, 0.29) is 11.6 Å². The van der Waals surface area contributed by atoms with E-state index in [1.165, 1.54) is 23.7 Å². The van der Waals surface area contributed by atoms with E-state index in [0.29, 0.717) is 5.82 Å². The standard InChI is InChI=1S/C9H9N5OS/c10-14-8-4-11-3-7(13-8)9(15)12-6-1-2-16-5-6/h1-5H,10H2,(H,12,15)(H,13,14). The van der Waals surface area contributed by atoms with E-state index in [4.69, 9.17) is 5.84 Å². The second-order valence-electron chi connectivity index (χ2n) is 2.90. The van der Waals surface area contributed by atoms with Crippen molar-refractivity contribution in [2.75, 3.05) is 10.7 Å². The number of hydrogen-bond acceptors (Lipinski definition) is 6. The van der Waals surface area contributed by atoms with Crippen LogP contribution in [0.4, 0.5) is 11.5 Å². The first-order chi connectivity index (χ1) is 7.79. The Kier molecular flexibility index (Phi) is 3.08. The summed E-state index contributed by atoms with van der Waals surface area (Å²) < 4.78 is 0. The number of nitrogens with two attached hydrogens (primary N) is 1. The molecule has 7 heteroatoms. The number of carbonyl (C=O) groups is 1. The average Bonchev–Trinajstić information content (AvgIpc) is 2.82. The molecule has 0 saturated heterocycles. The van der Waals surface area contributed by atoms with E-state index in [0.717, 1.165) is 5.69 Å². The van der Waals surface area contributed by atoms with Crippen molar-refractivity contribution in [2.24, 2.45) is 5.84 Å². The highest BCUT2D eigenvalue weighted by Crippen LogP contribution is 2.12. The maximum absolute atomic E-state index is 11.7. The number of amides is 1. The van der Waals surface area contributed by atoms with E-state index >= 15 is 0 Å². The minimum atomic E-state index is -0.317. The van der Waals surface area contributed by atoms with Crippen molar-refractivity contribution in [1.29, 1.82) is 0 Å². The Morgan fingerprint density at radius 2 is 2.31 bits per heavy atom. The highest BCUT2D eigenvalue weighted by molar-refractivity contribution is 7.08. The SMILES string of the molecule is NNc1cncc(C(=O)Nc2ccsc2)n1. The van der Waals surface area contributed by atoms with E-state index in [1.807, 2.05) is 10.8 Å². The molecule has 2 heterocycles. The number of nitrogens with one attached hydrogen (secondary N) is 2. The lowest BCUT2D eigenvalue weighted by molar-refractivity contribution is 0.102. The van der Waals surface area contributed by atoms with Crippen molar-refractivity contribution in [3.8, 4) is 0 Å². The molecule has 2 rings (SSSR count). The lowest BCUT2D eigenvalue weighted by Crippen LogP contribution is -2.16. The van der Waals surface area contributed by atoms with Gasteiger partial charge >= 0.3 is 0 Å². The third kappa shape index (κ3) is 2.33. The summed E-state index contributed by atoms with van der Waals surface area (Å²) in [5.74, 6) is 5.20. The van der Waals surface area contributed by atoms with E-state index in [9.17, 15) is 4.79 Å². The minimum Gasteiger partial charge on any atom is -0.320 e. The molecule has 0 aliphatic rings. The van der Waals surface area contributed by atoms with Gasteiger partial charge in [-0.3, -0.25) is 9.78 Å². The van der Waals surface area contributed by atoms with Crippen LogP contribution in [-0.2, 0) is 0 Å². The fourth-order valence-electron chi connectivity index (χ4n) is 1.08. The topological polar surface area (TPSA) is 92.9 Å². The van der Waals surface area contributed by atoms with Gasteiger partial charge in [-0.05, 0) is 11.4 Å². The maximum Gasteiger partial charge on any atom is 0.275 e. The monoisotopic (exact) mass is 235 g/mol. The van der Waals surface area contributed by atoms with Gasteiger partial charge in [0.05, 0.1) is 18.1 Å². The summed E-state index contributed by atoms with van der Waals surface area (Å²) in [5, 5.41) is 6.39. The first-order valence-corrected chi connectivity index (χ1v) is 5.36. The molecule has 0 radical (unpaired) electrons. The summed E-state index contributed by atoms with van der Waals surface area (Å²) in [5.41, 5.74) is 3.28. The zero-order valence-corrected chi connectivity index (χ0v) is 8.99. The minimum absolute atomic E-state index is 0.210. The molecule has 2 aromatic rings. The van der Waals surface area contributed by atoms with Gasteiger partial charge < -0.3 is 10.7 Å². The zero-order valence-electron chi connectivity index (χ0n) is 8.18. The van der Waals surface area contributed by atoms with Crippen LogP contribution in [0.5, 0.6) is 0 Å². The van der Waals surface area contributed by atoms with E-state index in [2.05, 4.69) is 20.7 Å². The average molecular weight is 235 g/mol. The Morgan fingerprint density at radius 1 is 1.44 bits per heavy atom. The molecule has 0 bridgehead atoms. The Labute approximate surface area is 95.5 Å². The predicted octanol–water partition coefficient (Wildman–Crippen LogP) is 1.08. The van der Waals surface area contributed by atoms with Crippen molar-refractivity contribution in [2.45, 2.75) is 0 Å². The van der Waals surface area contributed by atoms with Crippen molar-refractivity contribution in [3.05, 3.63) is 34.9 Å². The predicted molar refractivity (Wildman–Crippen MR) is 62.1 cm³/mol. The van der Waals surface area contributed by atoms with Gasteiger partial charge in [-0.25, -0.2) is 10.8 Å². The molecule has 0 fully saturated rings. The van der Waals surface area contributed by atoms with Gasteiger partial charge in [-0.2, -0.15) is 11.3 Å². The third-order valence-electron chi connectivity index (χ3n) is 1.79. The normalized spacial score (nSPS) is 9.81. The van der Waals surface area contributed by atoms with Gasteiger partial charge in [0, 0.05) is 5.38 Å². The number of anilines is 2.